The lowest BCUT2D eigenvalue weighted by Crippen LogP contribution is -2.45. The molecule has 32 heavy (non-hydrogen) atoms. The number of nitrogens with two attached hydrogens (primary N) is 2. The number of amides is 1. The number of esters is 1. The summed E-state index contributed by atoms with van der Waals surface area (Å²) in [5, 5.41) is 0. The first-order valence-electron chi connectivity index (χ1n) is 11.9. The van der Waals surface area contributed by atoms with Crippen LogP contribution in [-0.4, -0.2) is 23.5 Å². The van der Waals surface area contributed by atoms with Gasteiger partial charge < -0.3 is 20.9 Å². The Kier molecular flexibility index (Phi) is 7.65. The zero-order valence-electron chi connectivity index (χ0n) is 19.9. The van der Waals surface area contributed by atoms with Crippen LogP contribution in [0.15, 0.2) is 23.8 Å². The van der Waals surface area contributed by atoms with Crippen molar-refractivity contribution in [1.82, 2.24) is 0 Å². The fourth-order valence-corrected chi connectivity index (χ4v) is 4.97. The molecule has 1 aromatic carbocycles. The Labute approximate surface area is 191 Å². The topological polar surface area (TPSA) is 105 Å². The molecule has 0 spiro atoms. The molecular weight excluding hydrogens is 404 g/mol. The minimum Gasteiger partial charge on any atom is -0.487 e. The molecule has 176 valence electrons. The van der Waals surface area contributed by atoms with Gasteiger partial charge in [0.15, 0.2) is 0 Å². The number of primary amides is 1. The van der Waals surface area contributed by atoms with Crippen LogP contribution in [0, 0.1) is 5.92 Å². The van der Waals surface area contributed by atoms with Gasteiger partial charge in [0.2, 0.25) is 5.91 Å². The molecule has 0 aromatic heterocycles. The van der Waals surface area contributed by atoms with Gasteiger partial charge in [-0.3, -0.25) is 4.79 Å². The summed E-state index contributed by atoms with van der Waals surface area (Å²) in [5.74, 6) is 0.721. The first kappa shape index (κ1) is 24.3. The smallest absolute Gasteiger partial charge is 0.328 e. The summed E-state index contributed by atoms with van der Waals surface area (Å²) in [4.78, 5) is 23.9. The van der Waals surface area contributed by atoms with Crippen molar-refractivity contribution in [2.24, 2.45) is 17.4 Å². The van der Waals surface area contributed by atoms with E-state index in [1.807, 2.05) is 6.07 Å². The van der Waals surface area contributed by atoms with Crippen LogP contribution in [0.1, 0.15) is 89.7 Å². The number of benzene rings is 1. The van der Waals surface area contributed by atoms with Crippen LogP contribution in [0.5, 0.6) is 11.5 Å². The Morgan fingerprint density at radius 2 is 2.03 bits per heavy atom. The van der Waals surface area contributed by atoms with Gasteiger partial charge in [-0.15, -0.1) is 0 Å². The molecule has 0 bridgehead atoms. The zero-order valence-corrected chi connectivity index (χ0v) is 19.9. The highest BCUT2D eigenvalue weighted by atomic mass is 16.5. The molecule has 3 rings (SSSR count). The molecule has 1 aliphatic carbocycles. The number of hydrogen-bond acceptors (Lipinski definition) is 5. The monoisotopic (exact) mass is 442 g/mol. The van der Waals surface area contributed by atoms with E-state index in [4.69, 9.17) is 20.9 Å². The quantitative estimate of drug-likeness (QED) is 0.253. The zero-order chi connectivity index (χ0) is 23.5. The van der Waals surface area contributed by atoms with Crippen LogP contribution < -0.4 is 20.9 Å². The number of hydrogen-bond donors (Lipinski definition) is 2. The molecule has 1 aromatic rings. The first-order valence-corrected chi connectivity index (χ1v) is 11.9. The van der Waals surface area contributed by atoms with Gasteiger partial charge >= 0.3 is 5.97 Å². The second kappa shape index (κ2) is 10.1. The van der Waals surface area contributed by atoms with Gasteiger partial charge in [-0.2, -0.15) is 0 Å². The van der Waals surface area contributed by atoms with Gasteiger partial charge in [0.05, 0.1) is 0 Å². The number of carbonyl (C=O) groups excluding carboxylic acids is 2. The summed E-state index contributed by atoms with van der Waals surface area (Å²) >= 11 is 0. The van der Waals surface area contributed by atoms with Gasteiger partial charge in [-0.1, -0.05) is 31.4 Å². The Morgan fingerprint density at radius 3 is 2.72 bits per heavy atom. The Morgan fingerprint density at radius 1 is 1.28 bits per heavy atom. The van der Waals surface area contributed by atoms with Crippen LogP contribution in [-0.2, 0) is 16.0 Å². The van der Waals surface area contributed by atoms with Crippen molar-refractivity contribution >= 4 is 11.9 Å². The van der Waals surface area contributed by atoms with Crippen LogP contribution >= 0.6 is 0 Å². The number of fused-ring (bicyclic) bond motifs is 3. The maximum absolute atomic E-state index is 12.8. The number of ether oxygens (including phenoxy) is 2. The van der Waals surface area contributed by atoms with Gasteiger partial charge in [0.25, 0.3) is 0 Å². The number of aryl methyl sites for hydroxylation is 1. The highest BCUT2D eigenvalue weighted by Crippen LogP contribution is 2.53. The van der Waals surface area contributed by atoms with Gasteiger partial charge in [-0.05, 0) is 70.6 Å². The van der Waals surface area contributed by atoms with Crippen LogP contribution in [0.25, 0.3) is 0 Å². The van der Waals surface area contributed by atoms with Gasteiger partial charge in [-0.25, -0.2) is 4.79 Å². The van der Waals surface area contributed by atoms with E-state index in [1.54, 1.807) is 0 Å². The molecule has 4 N–H and O–H groups in total. The lowest BCUT2D eigenvalue weighted by Gasteiger charge is -2.46. The maximum atomic E-state index is 12.8. The third-order valence-corrected chi connectivity index (χ3v) is 6.79. The van der Waals surface area contributed by atoms with E-state index in [0.29, 0.717) is 11.7 Å². The number of allylic oxidation sites excluding steroid dienone is 2. The molecule has 3 atom stereocenters. The second-order valence-corrected chi connectivity index (χ2v) is 9.88. The highest BCUT2D eigenvalue weighted by molar-refractivity contribution is 5.80. The van der Waals surface area contributed by atoms with E-state index in [-0.39, 0.29) is 24.4 Å². The minimum absolute atomic E-state index is 0.0510. The maximum Gasteiger partial charge on any atom is 0.328 e. The molecular formula is C26H38N2O4. The largest absolute Gasteiger partial charge is 0.487 e. The van der Waals surface area contributed by atoms with Crippen molar-refractivity contribution in [1.29, 1.82) is 0 Å². The molecule has 1 heterocycles. The van der Waals surface area contributed by atoms with Crippen LogP contribution in [0.4, 0.5) is 0 Å². The summed E-state index contributed by atoms with van der Waals surface area (Å²) in [6.45, 7) is 8.63. The van der Waals surface area contributed by atoms with E-state index in [9.17, 15) is 9.59 Å². The second-order valence-electron chi connectivity index (χ2n) is 9.88. The molecule has 3 unspecified atom stereocenters. The summed E-state index contributed by atoms with van der Waals surface area (Å²) in [6, 6.07) is 3.19. The number of rotatable bonds is 9. The molecule has 0 saturated heterocycles. The van der Waals surface area contributed by atoms with Crippen molar-refractivity contribution in [3.05, 3.63) is 34.9 Å². The standard InChI is InChI=1S/C26H38N2O4/c1-5-6-7-8-17-14-21(31-25(30)20(27)11-12-23(28)29)24-18-13-16(2)9-10-19(18)26(3,4)32-22(24)15-17/h13-15,18-20H,5-12,27H2,1-4H3,(H2,28,29). The van der Waals surface area contributed by atoms with E-state index < -0.39 is 17.9 Å². The van der Waals surface area contributed by atoms with Crippen LogP contribution in [0.3, 0.4) is 0 Å². The lowest BCUT2D eigenvalue weighted by molar-refractivity contribution is -0.136. The third kappa shape index (κ3) is 5.52. The predicted molar refractivity (Wildman–Crippen MR) is 126 cm³/mol. The number of carbonyl (C=O) groups is 2. The normalized spacial score (nSPS) is 22.1. The fourth-order valence-electron chi connectivity index (χ4n) is 4.97. The van der Waals surface area contributed by atoms with Crippen molar-refractivity contribution in [3.8, 4) is 11.5 Å². The van der Waals surface area contributed by atoms with E-state index in [1.165, 1.54) is 5.57 Å². The van der Waals surface area contributed by atoms with Crippen molar-refractivity contribution < 1.29 is 19.1 Å². The molecule has 0 fully saturated rings. The first-order chi connectivity index (χ1) is 15.1. The molecule has 0 saturated carbocycles. The predicted octanol–water partition coefficient (Wildman–Crippen LogP) is 4.53. The lowest BCUT2D eigenvalue weighted by atomic mass is 9.68. The highest BCUT2D eigenvalue weighted by Gasteiger charge is 2.45. The molecule has 2 aliphatic rings. The van der Waals surface area contributed by atoms with Crippen molar-refractivity contribution in [2.45, 2.75) is 96.6 Å². The average molecular weight is 443 g/mol. The van der Waals surface area contributed by atoms with E-state index >= 15 is 0 Å². The summed E-state index contributed by atoms with van der Waals surface area (Å²) < 4.78 is 12.4. The van der Waals surface area contributed by atoms with E-state index in [0.717, 1.165) is 55.4 Å². The Balaban J connectivity index is 1.99. The molecule has 1 aliphatic heterocycles. The molecule has 1 amide bonds. The Hall–Kier alpha value is -2.34. The SMILES string of the molecule is CCCCCc1cc(OC(=O)C(N)CCC(N)=O)c2c(c1)OC(C)(C)C1CCC(C)=CC21. The molecule has 0 radical (unpaired) electrons. The fraction of sp³-hybridized carbons (Fsp3) is 0.615. The third-order valence-electron chi connectivity index (χ3n) is 6.79. The van der Waals surface area contributed by atoms with Crippen molar-refractivity contribution in [2.75, 3.05) is 0 Å². The van der Waals surface area contributed by atoms with Crippen molar-refractivity contribution in [3.63, 3.8) is 0 Å². The van der Waals surface area contributed by atoms with Gasteiger partial charge in [0, 0.05) is 23.8 Å². The molecule has 6 heteroatoms. The summed E-state index contributed by atoms with van der Waals surface area (Å²) in [6.07, 6.45) is 8.84. The van der Waals surface area contributed by atoms with Gasteiger partial charge in [0.1, 0.15) is 23.1 Å². The average Bonchev–Trinajstić information content (AvgIpc) is 2.71. The Bertz CT molecular complexity index is 890. The molecule has 6 nitrogen and oxygen atoms in total. The van der Waals surface area contributed by atoms with E-state index in [2.05, 4.69) is 39.8 Å². The van der Waals surface area contributed by atoms with Crippen LogP contribution in [0.2, 0.25) is 0 Å². The minimum atomic E-state index is -0.901. The summed E-state index contributed by atoms with van der Waals surface area (Å²) in [5.41, 5.74) is 14.3. The summed E-state index contributed by atoms with van der Waals surface area (Å²) in [7, 11) is 0. The number of unbranched alkanes of at least 4 members (excludes halogenated alkanes) is 2.